The fourth-order valence-electron chi connectivity index (χ4n) is 1.11. The SMILES string of the molecule is CC(C)C(C)(CN)CCCO. The van der Waals surface area contributed by atoms with Crippen LogP contribution in [0.3, 0.4) is 0 Å². The molecule has 0 aliphatic heterocycles. The Morgan fingerprint density at radius 2 is 2.00 bits per heavy atom. The van der Waals surface area contributed by atoms with E-state index in [9.17, 15) is 0 Å². The molecule has 2 heteroatoms. The molecule has 0 bridgehead atoms. The van der Waals surface area contributed by atoms with Crippen LogP contribution in [0.2, 0.25) is 0 Å². The minimum atomic E-state index is 0.211. The predicted molar refractivity (Wildman–Crippen MR) is 48.3 cm³/mol. The van der Waals surface area contributed by atoms with E-state index >= 15 is 0 Å². The molecule has 0 aliphatic rings. The predicted octanol–water partition coefficient (Wildman–Crippen LogP) is 1.38. The molecule has 0 saturated heterocycles. The number of hydrogen-bond acceptors (Lipinski definition) is 2. The fraction of sp³-hybridized carbons (Fsp3) is 1.00. The Balaban J connectivity index is 3.88. The zero-order valence-corrected chi connectivity index (χ0v) is 7.93. The van der Waals surface area contributed by atoms with Crippen molar-refractivity contribution < 1.29 is 5.11 Å². The Labute approximate surface area is 69.8 Å². The lowest BCUT2D eigenvalue weighted by Gasteiger charge is -2.32. The maximum absolute atomic E-state index is 8.67. The molecule has 2 nitrogen and oxygen atoms in total. The summed E-state index contributed by atoms with van der Waals surface area (Å²) in [4.78, 5) is 0. The molecule has 0 aromatic heterocycles. The number of rotatable bonds is 5. The van der Waals surface area contributed by atoms with Gasteiger partial charge in [0.05, 0.1) is 0 Å². The lowest BCUT2D eigenvalue weighted by Crippen LogP contribution is -2.32. The van der Waals surface area contributed by atoms with Crippen LogP contribution in [0.5, 0.6) is 0 Å². The number of aliphatic hydroxyl groups excluding tert-OH is 1. The lowest BCUT2D eigenvalue weighted by molar-refractivity contribution is 0.179. The zero-order valence-electron chi connectivity index (χ0n) is 7.93. The maximum Gasteiger partial charge on any atom is 0.0431 e. The average Bonchev–Trinajstić information content (AvgIpc) is 2.00. The zero-order chi connectivity index (χ0) is 8.91. The van der Waals surface area contributed by atoms with Crippen molar-refractivity contribution in [3.63, 3.8) is 0 Å². The third kappa shape index (κ3) is 3.21. The molecule has 0 radical (unpaired) electrons. The highest BCUT2D eigenvalue weighted by atomic mass is 16.2. The Morgan fingerprint density at radius 1 is 1.45 bits per heavy atom. The monoisotopic (exact) mass is 159 g/mol. The third-order valence-corrected chi connectivity index (χ3v) is 2.77. The molecule has 0 aromatic carbocycles. The van der Waals surface area contributed by atoms with Gasteiger partial charge in [-0.05, 0) is 30.7 Å². The second-order valence-electron chi connectivity index (χ2n) is 3.84. The number of aliphatic hydroxyl groups is 1. The van der Waals surface area contributed by atoms with Crippen LogP contribution in [-0.2, 0) is 0 Å². The van der Waals surface area contributed by atoms with E-state index in [0.717, 1.165) is 12.8 Å². The molecule has 0 aliphatic carbocycles. The Hall–Kier alpha value is -0.0800. The largest absolute Gasteiger partial charge is 0.396 e. The topological polar surface area (TPSA) is 46.2 Å². The van der Waals surface area contributed by atoms with Crippen LogP contribution in [0.15, 0.2) is 0 Å². The van der Waals surface area contributed by atoms with Gasteiger partial charge in [0.2, 0.25) is 0 Å². The molecular weight excluding hydrogens is 138 g/mol. The van der Waals surface area contributed by atoms with E-state index in [1.54, 1.807) is 0 Å². The molecule has 68 valence electrons. The number of nitrogens with two attached hydrogens (primary N) is 1. The summed E-state index contributed by atoms with van der Waals surface area (Å²) in [7, 11) is 0. The lowest BCUT2D eigenvalue weighted by atomic mass is 9.76. The highest BCUT2D eigenvalue weighted by molar-refractivity contribution is 4.78. The van der Waals surface area contributed by atoms with E-state index in [0.29, 0.717) is 12.5 Å². The van der Waals surface area contributed by atoms with Crippen molar-refractivity contribution >= 4 is 0 Å². The molecule has 0 rings (SSSR count). The summed E-state index contributed by atoms with van der Waals surface area (Å²) in [5.74, 6) is 0.596. The summed E-state index contributed by atoms with van der Waals surface area (Å²) in [6, 6.07) is 0. The van der Waals surface area contributed by atoms with E-state index in [-0.39, 0.29) is 12.0 Å². The molecule has 0 aromatic rings. The van der Waals surface area contributed by atoms with Gasteiger partial charge in [-0.15, -0.1) is 0 Å². The minimum Gasteiger partial charge on any atom is -0.396 e. The Morgan fingerprint density at radius 3 is 2.27 bits per heavy atom. The molecule has 1 unspecified atom stereocenters. The average molecular weight is 159 g/mol. The van der Waals surface area contributed by atoms with Gasteiger partial charge in [0.15, 0.2) is 0 Å². The van der Waals surface area contributed by atoms with E-state index in [4.69, 9.17) is 10.8 Å². The van der Waals surface area contributed by atoms with Gasteiger partial charge in [-0.2, -0.15) is 0 Å². The first-order valence-corrected chi connectivity index (χ1v) is 4.37. The van der Waals surface area contributed by atoms with E-state index in [2.05, 4.69) is 20.8 Å². The van der Waals surface area contributed by atoms with E-state index < -0.39 is 0 Å². The van der Waals surface area contributed by atoms with Crippen molar-refractivity contribution in [2.75, 3.05) is 13.2 Å². The summed E-state index contributed by atoms with van der Waals surface area (Å²) < 4.78 is 0. The first-order chi connectivity index (χ1) is 5.06. The first-order valence-electron chi connectivity index (χ1n) is 4.37. The molecule has 0 amide bonds. The molecule has 1 atom stereocenters. The summed E-state index contributed by atoms with van der Waals surface area (Å²) in [5.41, 5.74) is 5.88. The van der Waals surface area contributed by atoms with Crippen molar-refractivity contribution in [2.24, 2.45) is 17.1 Å². The van der Waals surface area contributed by atoms with Gasteiger partial charge in [-0.3, -0.25) is 0 Å². The summed E-state index contributed by atoms with van der Waals surface area (Å²) >= 11 is 0. The van der Waals surface area contributed by atoms with Crippen molar-refractivity contribution in [2.45, 2.75) is 33.6 Å². The van der Waals surface area contributed by atoms with Crippen LogP contribution in [-0.4, -0.2) is 18.3 Å². The molecular formula is C9H21NO. The summed E-state index contributed by atoms with van der Waals surface area (Å²) in [6.07, 6.45) is 1.89. The van der Waals surface area contributed by atoms with Gasteiger partial charge < -0.3 is 10.8 Å². The summed E-state index contributed by atoms with van der Waals surface area (Å²) in [5, 5.41) is 8.67. The van der Waals surface area contributed by atoms with Gasteiger partial charge in [0, 0.05) is 6.61 Å². The minimum absolute atomic E-state index is 0.211. The second kappa shape index (κ2) is 4.73. The van der Waals surface area contributed by atoms with Gasteiger partial charge >= 0.3 is 0 Å². The third-order valence-electron chi connectivity index (χ3n) is 2.77. The van der Waals surface area contributed by atoms with E-state index in [1.807, 2.05) is 0 Å². The maximum atomic E-state index is 8.67. The van der Waals surface area contributed by atoms with Gasteiger partial charge in [-0.1, -0.05) is 20.8 Å². The summed E-state index contributed by atoms with van der Waals surface area (Å²) in [6.45, 7) is 7.55. The quantitative estimate of drug-likeness (QED) is 0.636. The normalized spacial score (nSPS) is 16.9. The highest BCUT2D eigenvalue weighted by Crippen LogP contribution is 2.30. The van der Waals surface area contributed by atoms with Crippen molar-refractivity contribution in [3.05, 3.63) is 0 Å². The van der Waals surface area contributed by atoms with Crippen molar-refractivity contribution in [1.82, 2.24) is 0 Å². The number of hydrogen-bond donors (Lipinski definition) is 2. The van der Waals surface area contributed by atoms with Crippen LogP contribution in [0, 0.1) is 11.3 Å². The second-order valence-corrected chi connectivity index (χ2v) is 3.84. The van der Waals surface area contributed by atoms with Gasteiger partial charge in [0.1, 0.15) is 0 Å². The van der Waals surface area contributed by atoms with Gasteiger partial charge in [0.25, 0.3) is 0 Å². The smallest absolute Gasteiger partial charge is 0.0431 e. The molecule has 0 spiro atoms. The highest BCUT2D eigenvalue weighted by Gasteiger charge is 2.25. The molecule has 0 fully saturated rings. The first kappa shape index (κ1) is 10.9. The molecule has 0 saturated carbocycles. The Kier molecular flexibility index (Phi) is 4.69. The van der Waals surface area contributed by atoms with Crippen LogP contribution >= 0.6 is 0 Å². The molecule has 0 heterocycles. The van der Waals surface area contributed by atoms with Crippen LogP contribution in [0.25, 0.3) is 0 Å². The molecule has 11 heavy (non-hydrogen) atoms. The van der Waals surface area contributed by atoms with Crippen LogP contribution in [0.1, 0.15) is 33.6 Å². The van der Waals surface area contributed by atoms with Gasteiger partial charge in [-0.25, -0.2) is 0 Å². The van der Waals surface area contributed by atoms with Crippen LogP contribution in [0.4, 0.5) is 0 Å². The standard InChI is InChI=1S/C9H21NO/c1-8(2)9(3,7-10)5-4-6-11/h8,11H,4-7,10H2,1-3H3. The van der Waals surface area contributed by atoms with E-state index in [1.165, 1.54) is 0 Å². The fourth-order valence-corrected chi connectivity index (χ4v) is 1.11. The molecule has 3 N–H and O–H groups in total. The van der Waals surface area contributed by atoms with Crippen molar-refractivity contribution in [3.8, 4) is 0 Å². The Bertz CT molecular complexity index is 104. The van der Waals surface area contributed by atoms with Crippen molar-refractivity contribution in [1.29, 1.82) is 0 Å². The van der Waals surface area contributed by atoms with Crippen LogP contribution < -0.4 is 5.73 Å².